The van der Waals surface area contributed by atoms with Crippen molar-refractivity contribution in [3.8, 4) is 0 Å². The maximum atomic E-state index is 14.5. The van der Waals surface area contributed by atoms with Crippen molar-refractivity contribution in [3.05, 3.63) is 72.4 Å². The quantitative estimate of drug-likeness (QED) is 0.0482. The number of para-hydroxylation sites is 1. The van der Waals surface area contributed by atoms with E-state index in [2.05, 4.69) is 36.9 Å². The van der Waals surface area contributed by atoms with Gasteiger partial charge in [0.25, 0.3) is 0 Å². The maximum absolute atomic E-state index is 14.5. The Morgan fingerprint density at radius 1 is 0.512 bits per heavy atom. The number of rotatable bonds is 26. The number of hydrogen-bond acceptors (Lipinski definition) is 14. The average molecular weight is 1120 g/mol. The van der Waals surface area contributed by atoms with Crippen LogP contribution in [0, 0.1) is 5.92 Å². The van der Waals surface area contributed by atoms with E-state index < -0.39 is 101 Å². The van der Waals surface area contributed by atoms with Crippen LogP contribution in [0.25, 0.3) is 10.9 Å². The van der Waals surface area contributed by atoms with Crippen LogP contribution in [0.2, 0.25) is 0 Å². The first-order valence-corrected chi connectivity index (χ1v) is 27.0. The first-order chi connectivity index (χ1) is 37.3. The lowest BCUT2D eigenvalue weighted by Crippen LogP contribution is -2.52. The number of aryl methyl sites for hydroxylation is 1. The normalized spacial score (nSPS) is 12.4. The van der Waals surface area contributed by atoms with Gasteiger partial charge in [-0.25, -0.2) is 19.2 Å². The average Bonchev–Trinajstić information content (AvgIpc) is 3.33. The van der Waals surface area contributed by atoms with E-state index in [0.717, 1.165) is 21.4 Å². The Kier molecular flexibility index (Phi) is 25.9. The van der Waals surface area contributed by atoms with Gasteiger partial charge >= 0.3 is 24.4 Å². The molecule has 0 aliphatic heterocycles. The number of pyridine rings is 1. The number of ether oxygens (including phenoxy) is 4. The van der Waals surface area contributed by atoms with E-state index in [1.807, 2.05) is 54.6 Å². The molecule has 3 rings (SSSR count). The van der Waals surface area contributed by atoms with Crippen molar-refractivity contribution in [1.82, 2.24) is 46.3 Å². The zero-order valence-corrected chi connectivity index (χ0v) is 49.0. The highest BCUT2D eigenvalue weighted by Gasteiger charge is 2.30. The molecule has 0 saturated heterocycles. The number of nitrogens with one attached hydrogen (secondary N) is 6. The summed E-state index contributed by atoms with van der Waals surface area (Å²) in [6.07, 6.45) is -1.16. The Bertz CT molecular complexity index is 2400. The molecule has 0 bridgehead atoms. The van der Waals surface area contributed by atoms with Crippen LogP contribution in [0.5, 0.6) is 0 Å². The summed E-state index contributed by atoms with van der Waals surface area (Å²) in [6.45, 7) is 19.7. The molecule has 2 unspecified atom stereocenters. The third-order valence-corrected chi connectivity index (χ3v) is 11.2. The predicted octanol–water partition coefficient (Wildman–Crippen LogP) is 6.29. The Balaban J connectivity index is 1.93. The van der Waals surface area contributed by atoms with Gasteiger partial charge in [0.2, 0.25) is 29.5 Å². The molecule has 0 fully saturated rings. The van der Waals surface area contributed by atoms with Gasteiger partial charge in [-0.2, -0.15) is 0 Å². The maximum Gasteiger partial charge on any atom is 0.407 e. The summed E-state index contributed by atoms with van der Waals surface area (Å²) in [5.74, 6) is -3.89. The summed E-state index contributed by atoms with van der Waals surface area (Å²) in [5, 5.41) is 17.0. The molecule has 1 heterocycles. The molecule has 23 heteroatoms. The zero-order chi connectivity index (χ0) is 59.8. The van der Waals surface area contributed by atoms with E-state index in [-0.39, 0.29) is 71.6 Å². The van der Waals surface area contributed by atoms with Crippen molar-refractivity contribution in [2.75, 3.05) is 70.8 Å². The van der Waals surface area contributed by atoms with Crippen molar-refractivity contribution in [3.63, 3.8) is 0 Å². The fourth-order valence-corrected chi connectivity index (χ4v) is 7.45. The monoisotopic (exact) mass is 1120 g/mol. The number of anilines is 1. The second kappa shape index (κ2) is 31.2. The molecule has 2 atom stereocenters. The van der Waals surface area contributed by atoms with Crippen molar-refractivity contribution < 1.29 is 62.1 Å². The molecule has 0 aliphatic carbocycles. The summed E-state index contributed by atoms with van der Waals surface area (Å²) in [6, 6.07) is 17.7. The molecule has 0 aliphatic rings. The van der Waals surface area contributed by atoms with Crippen molar-refractivity contribution >= 4 is 70.5 Å². The summed E-state index contributed by atoms with van der Waals surface area (Å²) < 4.78 is 21.4. The molecular weight excluding hydrogens is 1030 g/mol. The van der Waals surface area contributed by atoms with Crippen LogP contribution in [0.3, 0.4) is 0 Å². The molecule has 6 N–H and O–H groups in total. The zero-order valence-electron chi connectivity index (χ0n) is 49.0. The minimum Gasteiger partial charge on any atom is -0.444 e. The number of benzene rings is 2. The fraction of sp³-hybridized carbons (Fsp3) is 0.579. The largest absolute Gasteiger partial charge is 0.444 e. The van der Waals surface area contributed by atoms with Gasteiger partial charge in [-0.1, -0.05) is 55.5 Å². The number of carbonyl (C=O) groups excluding carboxylic acids is 9. The highest BCUT2D eigenvalue weighted by molar-refractivity contribution is 5.98. The van der Waals surface area contributed by atoms with Gasteiger partial charge in [-0.15, -0.1) is 0 Å². The number of carbonyl (C=O) groups is 9. The molecule has 2 aromatic carbocycles. The SMILES string of the molecule is CC(CCC(=O)N(CC(=O)N(CCNC(=O)OC(C)(C)C)CCNC(=O)OC(C)(C)C)CC(=O)N(CCNC(=O)OC(C)(C)C)CCNC(=O)OC(C)(C)C)C(=O)NC(CCc1ccccc1)C(=O)Nc1cnc2ccccc2c1. The lowest BCUT2D eigenvalue weighted by atomic mass is 10.0. The second-order valence-electron chi connectivity index (χ2n) is 23.2. The van der Waals surface area contributed by atoms with Gasteiger partial charge < -0.3 is 65.5 Å². The van der Waals surface area contributed by atoms with Gasteiger partial charge in [-0.3, -0.25) is 29.0 Å². The van der Waals surface area contributed by atoms with Gasteiger partial charge in [0, 0.05) is 70.1 Å². The molecule has 3 aromatic rings. The molecular formula is C57H86N10O13. The molecule has 1 aromatic heterocycles. The highest BCUT2D eigenvalue weighted by Crippen LogP contribution is 2.18. The van der Waals surface area contributed by atoms with Gasteiger partial charge in [0.15, 0.2) is 0 Å². The minimum absolute atomic E-state index is 0.0716. The predicted molar refractivity (Wildman–Crippen MR) is 302 cm³/mol. The summed E-state index contributed by atoms with van der Waals surface area (Å²) in [5.41, 5.74) is -1.14. The summed E-state index contributed by atoms with van der Waals surface area (Å²) in [7, 11) is 0. The molecule has 0 spiro atoms. The van der Waals surface area contributed by atoms with Crippen LogP contribution in [0.1, 0.15) is 115 Å². The molecule has 9 amide bonds. The molecule has 0 radical (unpaired) electrons. The van der Waals surface area contributed by atoms with Crippen LogP contribution in [0.15, 0.2) is 66.9 Å². The Morgan fingerprint density at radius 2 is 0.925 bits per heavy atom. The topological polar surface area (TPSA) is 285 Å². The first kappa shape index (κ1) is 66.6. The third kappa shape index (κ3) is 27.7. The third-order valence-electron chi connectivity index (χ3n) is 11.2. The Morgan fingerprint density at radius 3 is 1.35 bits per heavy atom. The van der Waals surface area contributed by atoms with E-state index in [4.69, 9.17) is 18.9 Å². The number of nitrogens with zero attached hydrogens (tertiary/aromatic N) is 4. The van der Waals surface area contributed by atoms with Crippen molar-refractivity contribution in [1.29, 1.82) is 0 Å². The molecule has 80 heavy (non-hydrogen) atoms. The highest BCUT2D eigenvalue weighted by atomic mass is 16.6. The van der Waals surface area contributed by atoms with Crippen LogP contribution in [0.4, 0.5) is 24.9 Å². The van der Waals surface area contributed by atoms with Crippen LogP contribution >= 0.6 is 0 Å². The van der Waals surface area contributed by atoms with Crippen molar-refractivity contribution in [2.24, 2.45) is 5.92 Å². The molecule has 23 nitrogen and oxygen atoms in total. The number of amides is 9. The van der Waals surface area contributed by atoms with E-state index in [1.165, 1.54) is 16.0 Å². The van der Waals surface area contributed by atoms with Gasteiger partial charge in [0.1, 0.15) is 41.5 Å². The number of hydrogen-bond donors (Lipinski definition) is 6. The molecule has 442 valence electrons. The first-order valence-electron chi connectivity index (χ1n) is 27.0. The van der Waals surface area contributed by atoms with E-state index in [9.17, 15) is 43.2 Å². The number of fused-ring (bicyclic) bond motifs is 1. The van der Waals surface area contributed by atoms with E-state index in [1.54, 1.807) is 96.1 Å². The minimum atomic E-state index is -1.000. The summed E-state index contributed by atoms with van der Waals surface area (Å²) in [4.78, 5) is 130. The lowest BCUT2D eigenvalue weighted by molar-refractivity contribution is -0.145. The van der Waals surface area contributed by atoms with Gasteiger partial charge in [-0.05, 0) is 120 Å². The fourth-order valence-electron chi connectivity index (χ4n) is 7.45. The number of aromatic nitrogens is 1. The Labute approximate surface area is 470 Å². The van der Waals surface area contributed by atoms with E-state index in [0.29, 0.717) is 12.1 Å². The van der Waals surface area contributed by atoms with Crippen LogP contribution in [-0.2, 0) is 49.3 Å². The molecule has 0 saturated carbocycles. The van der Waals surface area contributed by atoms with Crippen LogP contribution < -0.4 is 31.9 Å². The Hall–Kier alpha value is -7.72. The van der Waals surface area contributed by atoms with E-state index >= 15 is 0 Å². The van der Waals surface area contributed by atoms with Crippen LogP contribution in [-0.4, -0.2) is 167 Å². The smallest absolute Gasteiger partial charge is 0.407 e. The van der Waals surface area contributed by atoms with Crippen molar-refractivity contribution in [2.45, 2.75) is 144 Å². The summed E-state index contributed by atoms with van der Waals surface area (Å²) >= 11 is 0. The second-order valence-corrected chi connectivity index (χ2v) is 23.2. The number of alkyl carbamates (subject to hydrolysis) is 4. The lowest BCUT2D eigenvalue weighted by Gasteiger charge is -2.30. The van der Waals surface area contributed by atoms with Gasteiger partial charge in [0.05, 0.1) is 17.4 Å². The standard InChI is InChI=1S/C57H86N10O13/c1-39(48(71)64-44(25-24-40-19-15-14-16-20-40)49(72)63-42-35-41-21-17-18-22-43(41)62-36-42)23-26-45(68)67(37-46(69)65(31-27-58-50(73)77-54(2,3)4)32-28-59-51(74)78-55(5,6)7)38-47(70)66(33-29-60-52(75)79-56(8,9)10)34-30-61-53(76)80-57(11,12)13/h14-22,35-36,39,44H,23-34,37-38H2,1-13H3,(H,58,73)(H,59,74)(H,60,75)(H,61,76)(H,63,72)(H,64,71).